The number of benzene rings is 2. The van der Waals surface area contributed by atoms with Crippen molar-refractivity contribution < 1.29 is 14.6 Å². The van der Waals surface area contributed by atoms with E-state index in [4.69, 9.17) is 14.8 Å². The first-order valence-electron chi connectivity index (χ1n) is 10.5. The molecule has 3 heterocycles. The number of carbonyl (C=O) groups is 1. The summed E-state index contributed by atoms with van der Waals surface area (Å²) < 4.78 is 7.97. The van der Waals surface area contributed by atoms with E-state index < -0.39 is 5.97 Å². The summed E-state index contributed by atoms with van der Waals surface area (Å²) in [4.78, 5) is 21.6. The molecule has 0 radical (unpaired) electrons. The summed E-state index contributed by atoms with van der Waals surface area (Å²) in [6.07, 6.45) is 2.35. The van der Waals surface area contributed by atoms with Gasteiger partial charge in [-0.2, -0.15) is 5.10 Å². The van der Waals surface area contributed by atoms with Crippen molar-refractivity contribution >= 4 is 17.3 Å². The Morgan fingerprint density at radius 2 is 2.06 bits per heavy atom. The number of nitrogens with zero attached hydrogens (tertiary/aromatic N) is 4. The van der Waals surface area contributed by atoms with Crippen LogP contribution in [0.3, 0.4) is 0 Å². The minimum atomic E-state index is -0.840. The van der Waals surface area contributed by atoms with Gasteiger partial charge in [0.2, 0.25) is 0 Å². The highest BCUT2D eigenvalue weighted by Crippen LogP contribution is 2.41. The molecule has 5 rings (SSSR count). The first kappa shape index (κ1) is 20.4. The predicted octanol–water partition coefficient (Wildman–Crippen LogP) is 4.88. The van der Waals surface area contributed by atoms with Crippen molar-refractivity contribution in [1.29, 1.82) is 0 Å². The third-order valence-electron chi connectivity index (χ3n) is 5.39. The van der Waals surface area contributed by atoms with Crippen molar-refractivity contribution in [2.75, 3.05) is 6.61 Å². The van der Waals surface area contributed by atoms with Crippen LogP contribution in [0.4, 0.5) is 0 Å². The third kappa shape index (κ3) is 3.78. The van der Waals surface area contributed by atoms with Gasteiger partial charge in [0.15, 0.2) is 10.8 Å². The highest BCUT2D eigenvalue weighted by atomic mass is 32.1. The molecule has 0 unspecified atom stereocenters. The second kappa shape index (κ2) is 8.20. The molecule has 2 aromatic heterocycles. The van der Waals surface area contributed by atoms with Crippen LogP contribution in [0, 0.1) is 0 Å². The molecule has 0 atom stereocenters. The van der Waals surface area contributed by atoms with E-state index >= 15 is 0 Å². The zero-order valence-corrected chi connectivity index (χ0v) is 18.6. The van der Waals surface area contributed by atoms with Gasteiger partial charge in [-0.1, -0.05) is 30.3 Å². The largest absolute Gasteiger partial charge is 0.492 e. The van der Waals surface area contributed by atoms with Crippen LogP contribution in [0.5, 0.6) is 5.75 Å². The molecule has 0 amide bonds. The summed E-state index contributed by atoms with van der Waals surface area (Å²) >= 11 is 1.64. The van der Waals surface area contributed by atoms with Crippen molar-refractivity contribution in [2.24, 2.45) is 0 Å². The standard InChI is InChI=1S/C24H22N4O3S/c1-14(2)28-23(25-13-26-28)24-27-22-18-7-6-17(12-19(18)31-9-8-20(22)32-24)16-5-3-4-15(10-16)11-21(29)30/h3-7,10,12-14H,8-9,11H2,1-2H3,(H,29,30). The first-order valence-corrected chi connectivity index (χ1v) is 11.3. The molecule has 1 aliphatic rings. The molecule has 0 aliphatic carbocycles. The molecule has 4 aromatic rings. The zero-order chi connectivity index (χ0) is 22.2. The van der Waals surface area contributed by atoms with Crippen molar-refractivity contribution in [3.8, 4) is 39.0 Å². The molecule has 162 valence electrons. The van der Waals surface area contributed by atoms with E-state index in [0.29, 0.717) is 6.61 Å². The molecular weight excluding hydrogens is 424 g/mol. The first-order chi connectivity index (χ1) is 15.5. The summed E-state index contributed by atoms with van der Waals surface area (Å²) in [6, 6.07) is 13.9. The second-order valence-corrected chi connectivity index (χ2v) is 9.08. The van der Waals surface area contributed by atoms with Crippen LogP contribution < -0.4 is 4.74 Å². The minimum absolute atomic E-state index is 0.00123. The van der Waals surface area contributed by atoms with Gasteiger partial charge in [-0.05, 0) is 42.7 Å². The molecule has 0 spiro atoms. The third-order valence-corrected chi connectivity index (χ3v) is 6.50. The number of fused-ring (bicyclic) bond motifs is 3. The molecule has 0 fully saturated rings. The number of thiazole rings is 1. The van der Waals surface area contributed by atoms with E-state index in [-0.39, 0.29) is 12.5 Å². The Bertz CT molecular complexity index is 1310. The van der Waals surface area contributed by atoms with E-state index in [1.165, 1.54) is 4.88 Å². The lowest BCUT2D eigenvalue weighted by molar-refractivity contribution is -0.136. The molecule has 7 nitrogen and oxygen atoms in total. The average Bonchev–Trinajstić information content (AvgIpc) is 3.38. The molecule has 8 heteroatoms. The van der Waals surface area contributed by atoms with Crippen LogP contribution in [0.25, 0.3) is 33.2 Å². The predicted molar refractivity (Wildman–Crippen MR) is 123 cm³/mol. The van der Waals surface area contributed by atoms with Crippen LogP contribution in [0.15, 0.2) is 48.8 Å². The fraction of sp³-hybridized carbons (Fsp3) is 0.250. The SMILES string of the molecule is CC(C)n1ncnc1-c1nc2c(s1)CCOc1cc(-c3cccc(CC(=O)O)c3)ccc1-2. The number of ether oxygens (including phenoxy) is 1. The molecule has 32 heavy (non-hydrogen) atoms. The fourth-order valence-corrected chi connectivity index (χ4v) is 4.96. The maximum absolute atomic E-state index is 11.1. The number of carboxylic acids is 1. The molecule has 1 aliphatic heterocycles. The normalized spacial score (nSPS) is 12.7. The summed E-state index contributed by atoms with van der Waals surface area (Å²) in [7, 11) is 0. The molecule has 0 bridgehead atoms. The summed E-state index contributed by atoms with van der Waals surface area (Å²) in [6.45, 7) is 4.72. The number of rotatable bonds is 5. The minimum Gasteiger partial charge on any atom is -0.492 e. The highest BCUT2D eigenvalue weighted by molar-refractivity contribution is 7.15. The molecule has 2 aromatic carbocycles. The van der Waals surface area contributed by atoms with Gasteiger partial charge in [0.05, 0.1) is 18.7 Å². The van der Waals surface area contributed by atoms with Crippen LogP contribution in [0.2, 0.25) is 0 Å². The van der Waals surface area contributed by atoms with Crippen LogP contribution in [0.1, 0.15) is 30.3 Å². The summed E-state index contributed by atoms with van der Waals surface area (Å²) in [5.41, 5.74) is 4.60. The lowest BCUT2D eigenvalue weighted by Crippen LogP contribution is -2.04. The van der Waals surface area contributed by atoms with E-state index in [1.807, 2.05) is 47.1 Å². The maximum atomic E-state index is 11.1. The van der Waals surface area contributed by atoms with Crippen molar-refractivity contribution in [3.05, 3.63) is 59.2 Å². The van der Waals surface area contributed by atoms with E-state index in [1.54, 1.807) is 17.7 Å². The number of hydrogen-bond acceptors (Lipinski definition) is 6. The van der Waals surface area contributed by atoms with Gasteiger partial charge in [-0.15, -0.1) is 11.3 Å². The van der Waals surface area contributed by atoms with Gasteiger partial charge < -0.3 is 9.84 Å². The van der Waals surface area contributed by atoms with Gasteiger partial charge in [0, 0.05) is 22.9 Å². The van der Waals surface area contributed by atoms with Crippen LogP contribution >= 0.6 is 11.3 Å². The Labute approximate surface area is 189 Å². The van der Waals surface area contributed by atoms with Gasteiger partial charge >= 0.3 is 5.97 Å². The fourth-order valence-electron chi connectivity index (χ4n) is 3.91. The van der Waals surface area contributed by atoms with Gasteiger partial charge in [0.1, 0.15) is 12.1 Å². The highest BCUT2D eigenvalue weighted by Gasteiger charge is 2.23. The molecule has 0 saturated carbocycles. The lowest BCUT2D eigenvalue weighted by atomic mass is 9.99. The lowest BCUT2D eigenvalue weighted by Gasteiger charge is -2.11. The molecule has 1 N–H and O–H groups in total. The van der Waals surface area contributed by atoms with E-state index in [0.717, 1.165) is 51.0 Å². The number of hydrogen-bond donors (Lipinski definition) is 1. The monoisotopic (exact) mass is 446 g/mol. The Morgan fingerprint density at radius 3 is 2.88 bits per heavy atom. The average molecular weight is 447 g/mol. The molecule has 0 saturated heterocycles. The van der Waals surface area contributed by atoms with Crippen molar-refractivity contribution in [2.45, 2.75) is 32.7 Å². The Morgan fingerprint density at radius 1 is 1.22 bits per heavy atom. The van der Waals surface area contributed by atoms with Gasteiger partial charge in [0.25, 0.3) is 0 Å². The number of carboxylic acid groups (broad SMARTS) is 1. The Kier molecular flexibility index (Phi) is 5.22. The Hall–Kier alpha value is -3.52. The maximum Gasteiger partial charge on any atom is 0.307 e. The number of aromatic nitrogens is 4. The van der Waals surface area contributed by atoms with E-state index in [2.05, 4.69) is 23.9 Å². The van der Waals surface area contributed by atoms with Crippen molar-refractivity contribution in [3.63, 3.8) is 0 Å². The quantitative estimate of drug-likeness (QED) is 0.470. The van der Waals surface area contributed by atoms with Gasteiger partial charge in [-0.3, -0.25) is 4.79 Å². The zero-order valence-electron chi connectivity index (χ0n) is 17.8. The summed E-state index contributed by atoms with van der Waals surface area (Å²) in [5.74, 6) is 0.729. The number of aliphatic carboxylic acids is 1. The van der Waals surface area contributed by atoms with Crippen LogP contribution in [-0.4, -0.2) is 37.4 Å². The van der Waals surface area contributed by atoms with Crippen molar-refractivity contribution in [1.82, 2.24) is 19.7 Å². The Balaban J connectivity index is 1.54. The van der Waals surface area contributed by atoms with E-state index in [9.17, 15) is 4.79 Å². The second-order valence-electron chi connectivity index (χ2n) is 7.99. The summed E-state index contributed by atoms with van der Waals surface area (Å²) in [5, 5.41) is 14.3. The smallest absolute Gasteiger partial charge is 0.307 e. The molecular formula is C24H22N4O3S. The topological polar surface area (TPSA) is 90.1 Å². The van der Waals surface area contributed by atoms with Gasteiger partial charge in [-0.25, -0.2) is 14.6 Å². The van der Waals surface area contributed by atoms with Crippen LogP contribution in [-0.2, 0) is 17.6 Å².